The summed E-state index contributed by atoms with van der Waals surface area (Å²) in [6.45, 7) is 2.27. The fourth-order valence-corrected chi connectivity index (χ4v) is 5.55. The first-order chi connectivity index (χ1) is 15.3. The van der Waals surface area contributed by atoms with Crippen LogP contribution >= 0.6 is 0 Å². The van der Waals surface area contributed by atoms with E-state index in [4.69, 9.17) is 9.47 Å². The third-order valence-corrected chi connectivity index (χ3v) is 7.66. The number of carbonyl (C=O) groups excluding carboxylic acids is 2. The molecule has 2 aromatic rings. The summed E-state index contributed by atoms with van der Waals surface area (Å²) < 4.78 is 37.7. The molecule has 0 unspecified atom stereocenters. The predicted molar refractivity (Wildman–Crippen MR) is 119 cm³/mol. The Morgan fingerprint density at radius 3 is 2.31 bits per heavy atom. The second-order valence-electron chi connectivity index (χ2n) is 7.64. The molecular weight excluding hydrogens is 432 g/mol. The summed E-state index contributed by atoms with van der Waals surface area (Å²) in [5, 5.41) is 3.01. The third kappa shape index (κ3) is 4.94. The zero-order chi connectivity index (χ0) is 23.3. The van der Waals surface area contributed by atoms with Crippen molar-refractivity contribution in [3.05, 3.63) is 59.7 Å². The SMILES string of the molecule is COC(=O)c1ccccc1S(=O)(=O)N1CCC(C(=O)N[C@H](C)c2ccccc2OC)CC1. The number of piperidine rings is 1. The number of hydrogen-bond acceptors (Lipinski definition) is 6. The van der Waals surface area contributed by atoms with Gasteiger partial charge in [0.25, 0.3) is 0 Å². The van der Waals surface area contributed by atoms with Crippen LogP contribution in [0.15, 0.2) is 53.4 Å². The van der Waals surface area contributed by atoms with Crippen LogP contribution < -0.4 is 10.1 Å². The van der Waals surface area contributed by atoms with E-state index in [1.165, 1.54) is 23.5 Å². The molecule has 3 rings (SSSR count). The van der Waals surface area contributed by atoms with Gasteiger partial charge in [-0.3, -0.25) is 4.79 Å². The lowest BCUT2D eigenvalue weighted by Gasteiger charge is -2.31. The molecule has 1 aliphatic rings. The van der Waals surface area contributed by atoms with E-state index in [1.54, 1.807) is 19.2 Å². The van der Waals surface area contributed by atoms with Crippen LogP contribution in [0.3, 0.4) is 0 Å². The fraction of sp³-hybridized carbons (Fsp3) is 0.391. The first kappa shape index (κ1) is 23.7. The molecule has 1 heterocycles. The number of hydrogen-bond donors (Lipinski definition) is 1. The first-order valence-electron chi connectivity index (χ1n) is 10.4. The molecule has 2 aromatic carbocycles. The van der Waals surface area contributed by atoms with E-state index in [0.717, 1.165) is 5.56 Å². The van der Waals surface area contributed by atoms with E-state index in [0.29, 0.717) is 18.6 Å². The minimum atomic E-state index is -3.89. The van der Waals surface area contributed by atoms with E-state index >= 15 is 0 Å². The molecule has 1 atom stereocenters. The van der Waals surface area contributed by atoms with Crippen LogP contribution in [0.2, 0.25) is 0 Å². The number of methoxy groups -OCH3 is 2. The molecule has 0 aliphatic carbocycles. The summed E-state index contributed by atoms with van der Waals surface area (Å²) in [4.78, 5) is 24.7. The molecule has 1 aliphatic heterocycles. The summed E-state index contributed by atoms with van der Waals surface area (Å²) in [6.07, 6.45) is 0.786. The molecule has 0 spiro atoms. The highest BCUT2D eigenvalue weighted by Crippen LogP contribution is 2.28. The van der Waals surface area contributed by atoms with Gasteiger partial charge in [-0.05, 0) is 38.0 Å². The highest BCUT2D eigenvalue weighted by Gasteiger charge is 2.34. The Balaban J connectivity index is 1.66. The van der Waals surface area contributed by atoms with Crippen LogP contribution in [0.4, 0.5) is 0 Å². The van der Waals surface area contributed by atoms with Gasteiger partial charge >= 0.3 is 5.97 Å². The van der Waals surface area contributed by atoms with Crippen molar-refractivity contribution in [1.29, 1.82) is 0 Å². The van der Waals surface area contributed by atoms with Crippen molar-refractivity contribution in [2.45, 2.75) is 30.7 Å². The number of nitrogens with zero attached hydrogens (tertiary/aromatic N) is 1. The molecule has 1 saturated heterocycles. The number of sulfonamides is 1. The number of amides is 1. The Kier molecular flexibility index (Phi) is 7.52. The number of rotatable bonds is 7. The number of nitrogens with one attached hydrogen (secondary N) is 1. The van der Waals surface area contributed by atoms with Crippen molar-refractivity contribution in [2.75, 3.05) is 27.3 Å². The second-order valence-corrected chi connectivity index (χ2v) is 9.54. The third-order valence-electron chi connectivity index (χ3n) is 5.70. The van der Waals surface area contributed by atoms with Gasteiger partial charge in [-0.25, -0.2) is 13.2 Å². The number of ether oxygens (including phenoxy) is 2. The lowest BCUT2D eigenvalue weighted by molar-refractivity contribution is -0.126. The zero-order valence-electron chi connectivity index (χ0n) is 18.4. The van der Waals surface area contributed by atoms with Gasteiger partial charge in [-0.1, -0.05) is 30.3 Å². The van der Waals surface area contributed by atoms with Crippen molar-refractivity contribution in [3.8, 4) is 5.75 Å². The maximum Gasteiger partial charge on any atom is 0.339 e. The van der Waals surface area contributed by atoms with Crippen LogP contribution in [0, 0.1) is 5.92 Å². The molecule has 1 amide bonds. The molecule has 9 heteroatoms. The average Bonchev–Trinajstić information content (AvgIpc) is 2.83. The van der Waals surface area contributed by atoms with E-state index in [1.807, 2.05) is 31.2 Å². The Morgan fingerprint density at radius 2 is 1.66 bits per heavy atom. The quantitative estimate of drug-likeness (QED) is 0.638. The van der Waals surface area contributed by atoms with Crippen molar-refractivity contribution in [1.82, 2.24) is 9.62 Å². The maximum atomic E-state index is 13.1. The highest BCUT2D eigenvalue weighted by atomic mass is 32.2. The highest BCUT2D eigenvalue weighted by molar-refractivity contribution is 7.89. The van der Waals surface area contributed by atoms with E-state index < -0.39 is 16.0 Å². The summed E-state index contributed by atoms with van der Waals surface area (Å²) in [5.74, 6) is -0.417. The van der Waals surface area contributed by atoms with Gasteiger partial charge in [-0.15, -0.1) is 0 Å². The van der Waals surface area contributed by atoms with Crippen LogP contribution in [-0.4, -0.2) is 51.9 Å². The Hall–Kier alpha value is -2.91. The van der Waals surface area contributed by atoms with Gasteiger partial charge in [0, 0.05) is 24.6 Å². The molecule has 0 saturated carbocycles. The number of carbonyl (C=O) groups is 2. The van der Waals surface area contributed by atoms with Crippen molar-refractivity contribution in [2.24, 2.45) is 5.92 Å². The Labute approximate surface area is 188 Å². The van der Waals surface area contributed by atoms with Crippen LogP contribution in [0.5, 0.6) is 5.75 Å². The number of esters is 1. The molecule has 0 aromatic heterocycles. The summed E-state index contributed by atoms with van der Waals surface area (Å²) >= 11 is 0. The monoisotopic (exact) mass is 460 g/mol. The molecule has 32 heavy (non-hydrogen) atoms. The van der Waals surface area contributed by atoms with E-state index in [2.05, 4.69) is 5.32 Å². The molecule has 172 valence electrons. The molecule has 0 radical (unpaired) electrons. The minimum absolute atomic E-state index is 0.000463. The topological polar surface area (TPSA) is 102 Å². The van der Waals surface area contributed by atoms with Gasteiger partial charge in [0.2, 0.25) is 15.9 Å². The zero-order valence-corrected chi connectivity index (χ0v) is 19.2. The standard InChI is InChI=1S/C23H28N2O6S/c1-16(18-8-4-6-10-20(18)30-2)24-22(26)17-12-14-25(15-13-17)32(28,29)21-11-7-5-9-19(21)23(27)31-3/h4-11,16-17H,12-15H2,1-3H3,(H,24,26)/t16-/m1/s1. The Morgan fingerprint density at radius 1 is 1.03 bits per heavy atom. The average molecular weight is 461 g/mol. The van der Waals surface area contributed by atoms with Crippen molar-refractivity contribution < 1.29 is 27.5 Å². The first-order valence-corrected chi connectivity index (χ1v) is 11.8. The largest absolute Gasteiger partial charge is 0.496 e. The number of para-hydroxylation sites is 1. The summed E-state index contributed by atoms with van der Waals surface area (Å²) in [6, 6.07) is 13.2. The fourth-order valence-electron chi connectivity index (χ4n) is 3.90. The summed E-state index contributed by atoms with van der Waals surface area (Å²) in [5.41, 5.74) is 0.878. The maximum absolute atomic E-state index is 13.1. The van der Waals surface area contributed by atoms with Crippen LogP contribution in [0.25, 0.3) is 0 Å². The Bertz CT molecular complexity index is 1080. The van der Waals surface area contributed by atoms with Crippen LogP contribution in [0.1, 0.15) is 41.7 Å². The molecule has 0 bridgehead atoms. The van der Waals surface area contributed by atoms with Crippen molar-refractivity contribution >= 4 is 21.9 Å². The lowest BCUT2D eigenvalue weighted by atomic mass is 9.96. The van der Waals surface area contributed by atoms with E-state index in [9.17, 15) is 18.0 Å². The van der Waals surface area contributed by atoms with Gasteiger partial charge in [-0.2, -0.15) is 4.31 Å². The molecule has 1 N–H and O–H groups in total. The molecule has 8 nitrogen and oxygen atoms in total. The van der Waals surface area contributed by atoms with Gasteiger partial charge in [0.15, 0.2) is 0 Å². The predicted octanol–water partition coefficient (Wildman–Crippen LogP) is 2.76. The second kappa shape index (κ2) is 10.1. The van der Waals surface area contributed by atoms with Crippen LogP contribution in [-0.2, 0) is 19.6 Å². The minimum Gasteiger partial charge on any atom is -0.496 e. The van der Waals surface area contributed by atoms with E-state index in [-0.39, 0.29) is 41.4 Å². The lowest BCUT2D eigenvalue weighted by Crippen LogP contribution is -2.43. The molecular formula is C23H28N2O6S. The van der Waals surface area contributed by atoms with Gasteiger partial charge < -0.3 is 14.8 Å². The van der Waals surface area contributed by atoms with Gasteiger partial charge in [0.1, 0.15) is 5.75 Å². The number of benzene rings is 2. The summed E-state index contributed by atoms with van der Waals surface area (Å²) in [7, 11) is -1.09. The smallest absolute Gasteiger partial charge is 0.339 e. The molecule has 1 fully saturated rings. The van der Waals surface area contributed by atoms with Crippen molar-refractivity contribution in [3.63, 3.8) is 0 Å². The van der Waals surface area contributed by atoms with Gasteiger partial charge in [0.05, 0.1) is 30.7 Å². The normalized spacial score (nSPS) is 16.2.